The minimum Gasteiger partial charge on any atom is -0.507 e. The third kappa shape index (κ3) is 5.73. The fourth-order valence-electron chi connectivity index (χ4n) is 3.68. The average Bonchev–Trinajstić information content (AvgIpc) is 2.63. The molecule has 0 atom stereocenters. The Morgan fingerprint density at radius 3 is 1.90 bits per heavy atom. The highest BCUT2D eigenvalue weighted by molar-refractivity contribution is 5.77. The quantitative estimate of drug-likeness (QED) is 0.610. The number of phenolic OH excluding ortho intramolecular Hbond substituents is 1. The van der Waals surface area contributed by atoms with E-state index in [1.165, 1.54) is 0 Å². The monoisotopic (exact) mass is 407 g/mol. The van der Waals surface area contributed by atoms with Crippen molar-refractivity contribution >= 4 is 5.91 Å². The van der Waals surface area contributed by atoms with Gasteiger partial charge in [-0.25, -0.2) is 0 Å². The number of aryl methyl sites for hydroxylation is 1. The van der Waals surface area contributed by atoms with E-state index in [1.54, 1.807) is 4.90 Å². The molecule has 0 heterocycles. The molecule has 1 amide bonds. The van der Waals surface area contributed by atoms with Crippen LogP contribution in [0.5, 0.6) is 5.75 Å². The van der Waals surface area contributed by atoms with Gasteiger partial charge in [0, 0.05) is 13.0 Å². The van der Waals surface area contributed by atoms with Crippen LogP contribution in [0.4, 0.5) is 0 Å². The van der Waals surface area contributed by atoms with E-state index >= 15 is 0 Å². The summed E-state index contributed by atoms with van der Waals surface area (Å²) >= 11 is 0. The second-order valence-corrected chi connectivity index (χ2v) is 10.1. The van der Waals surface area contributed by atoms with Crippen LogP contribution in [0.2, 0.25) is 0 Å². The third-order valence-corrected chi connectivity index (χ3v) is 5.91. The second-order valence-electron chi connectivity index (χ2n) is 10.1. The number of phenols is 1. The Morgan fingerprint density at radius 2 is 1.52 bits per heavy atom. The second kappa shape index (κ2) is 9.48. The Labute approximate surface area is 176 Å². The van der Waals surface area contributed by atoms with E-state index in [1.807, 2.05) is 19.9 Å². The molecular formula is C24H41NO4. The van der Waals surface area contributed by atoms with Gasteiger partial charge in [0.05, 0.1) is 18.8 Å². The zero-order chi connectivity index (χ0) is 22.6. The number of aliphatic hydroxyl groups excluding tert-OH is 2. The number of hydrogen-bond donors (Lipinski definition) is 3. The minimum atomic E-state index is -0.947. The molecule has 0 saturated heterocycles. The van der Waals surface area contributed by atoms with Crippen molar-refractivity contribution in [3.05, 3.63) is 28.8 Å². The average molecular weight is 408 g/mol. The van der Waals surface area contributed by atoms with Gasteiger partial charge in [-0.05, 0) is 47.3 Å². The van der Waals surface area contributed by atoms with Crippen molar-refractivity contribution in [2.24, 2.45) is 0 Å². The Balaban J connectivity index is 3.25. The molecule has 0 aliphatic heterocycles. The summed E-state index contributed by atoms with van der Waals surface area (Å²) in [4.78, 5) is 14.5. The fraction of sp³-hybridized carbons (Fsp3) is 0.708. The predicted molar refractivity (Wildman–Crippen MR) is 118 cm³/mol. The van der Waals surface area contributed by atoms with Crippen LogP contribution in [0.15, 0.2) is 12.1 Å². The molecule has 0 spiro atoms. The number of aromatic hydroxyl groups is 1. The number of likely N-dealkylation sites (N-methyl/N-ethyl adjacent to an activating group) is 1. The highest BCUT2D eigenvalue weighted by Gasteiger charge is 2.36. The van der Waals surface area contributed by atoms with Crippen LogP contribution < -0.4 is 0 Å². The lowest BCUT2D eigenvalue weighted by atomic mass is 9.78. The van der Waals surface area contributed by atoms with Gasteiger partial charge in [0.15, 0.2) is 0 Å². The Hall–Kier alpha value is -1.59. The van der Waals surface area contributed by atoms with Crippen LogP contribution in [0.1, 0.15) is 84.9 Å². The summed E-state index contributed by atoms with van der Waals surface area (Å²) in [6.45, 7) is 16.2. The van der Waals surface area contributed by atoms with Gasteiger partial charge in [-0.15, -0.1) is 0 Å². The number of carbonyl (C=O) groups is 1. The van der Waals surface area contributed by atoms with Crippen LogP contribution in [0, 0.1) is 0 Å². The number of rotatable bonds is 8. The standard InChI is InChI=1S/C24H41NO4/c1-9-24(15-26,16-27)25(10-2)20(28)12-11-17-13-18(22(3,4)5)14-19(21(17)29)23(6,7)8/h13-14,26-27,29H,9-12,15-16H2,1-8H3. The summed E-state index contributed by atoms with van der Waals surface area (Å²) in [5, 5.41) is 30.5. The highest BCUT2D eigenvalue weighted by atomic mass is 16.3. The van der Waals surface area contributed by atoms with Gasteiger partial charge in [0.2, 0.25) is 5.91 Å². The van der Waals surface area contributed by atoms with Crippen molar-refractivity contribution in [1.82, 2.24) is 4.90 Å². The smallest absolute Gasteiger partial charge is 0.223 e. The lowest BCUT2D eigenvalue weighted by molar-refractivity contribution is -0.142. The Morgan fingerprint density at radius 1 is 0.966 bits per heavy atom. The molecule has 29 heavy (non-hydrogen) atoms. The molecule has 1 rings (SSSR count). The number of carbonyl (C=O) groups excluding carboxylic acids is 1. The summed E-state index contributed by atoms with van der Waals surface area (Å²) in [6.07, 6.45) is 1.09. The molecule has 3 N–H and O–H groups in total. The normalized spacial score (nSPS) is 12.9. The first-order valence-electron chi connectivity index (χ1n) is 10.7. The highest BCUT2D eigenvalue weighted by Crippen LogP contribution is 2.38. The van der Waals surface area contributed by atoms with Gasteiger partial charge in [-0.2, -0.15) is 0 Å². The maximum absolute atomic E-state index is 13.0. The maximum atomic E-state index is 13.0. The number of nitrogens with zero attached hydrogens (tertiary/aromatic N) is 1. The van der Waals surface area contributed by atoms with Crippen LogP contribution in [-0.4, -0.2) is 51.4 Å². The van der Waals surface area contributed by atoms with E-state index in [0.717, 1.165) is 16.7 Å². The zero-order valence-corrected chi connectivity index (χ0v) is 19.6. The van der Waals surface area contributed by atoms with Crippen molar-refractivity contribution in [2.75, 3.05) is 19.8 Å². The zero-order valence-electron chi connectivity index (χ0n) is 19.6. The van der Waals surface area contributed by atoms with E-state index in [-0.39, 0.29) is 42.1 Å². The first-order chi connectivity index (χ1) is 13.3. The summed E-state index contributed by atoms with van der Waals surface area (Å²) in [5.74, 6) is 0.128. The largest absolute Gasteiger partial charge is 0.507 e. The molecule has 0 aliphatic rings. The number of amides is 1. The molecule has 166 valence electrons. The van der Waals surface area contributed by atoms with Crippen LogP contribution >= 0.6 is 0 Å². The minimum absolute atomic E-state index is 0.0763. The first-order valence-corrected chi connectivity index (χ1v) is 10.7. The van der Waals surface area contributed by atoms with E-state index in [9.17, 15) is 20.1 Å². The fourth-order valence-corrected chi connectivity index (χ4v) is 3.68. The van der Waals surface area contributed by atoms with Crippen molar-refractivity contribution in [2.45, 2.75) is 91.0 Å². The van der Waals surface area contributed by atoms with Crippen LogP contribution in [-0.2, 0) is 22.0 Å². The lowest BCUT2D eigenvalue weighted by Gasteiger charge is -2.40. The van der Waals surface area contributed by atoms with Gasteiger partial charge < -0.3 is 20.2 Å². The van der Waals surface area contributed by atoms with Crippen LogP contribution in [0.25, 0.3) is 0 Å². The van der Waals surface area contributed by atoms with Crippen molar-refractivity contribution in [3.63, 3.8) is 0 Å². The molecule has 1 aromatic carbocycles. The van der Waals surface area contributed by atoms with Gasteiger partial charge in [0.25, 0.3) is 0 Å². The van der Waals surface area contributed by atoms with Gasteiger partial charge >= 0.3 is 0 Å². The molecule has 0 aromatic heterocycles. The SMILES string of the molecule is CCN(C(=O)CCc1cc(C(C)(C)C)cc(C(C)(C)C)c1O)C(CC)(CO)CO. The predicted octanol–water partition coefficient (Wildman–Crippen LogP) is 3.90. The molecule has 0 saturated carbocycles. The van der Waals surface area contributed by atoms with Gasteiger partial charge in [0.1, 0.15) is 5.75 Å². The van der Waals surface area contributed by atoms with Crippen molar-refractivity contribution < 1.29 is 20.1 Å². The molecular weight excluding hydrogens is 366 g/mol. The summed E-state index contributed by atoms with van der Waals surface area (Å²) in [7, 11) is 0. The molecule has 5 heteroatoms. The van der Waals surface area contributed by atoms with E-state index < -0.39 is 5.54 Å². The summed E-state index contributed by atoms with van der Waals surface area (Å²) < 4.78 is 0. The summed E-state index contributed by atoms with van der Waals surface area (Å²) in [6, 6.07) is 4.07. The number of benzene rings is 1. The molecule has 5 nitrogen and oxygen atoms in total. The first kappa shape index (κ1) is 25.4. The van der Waals surface area contributed by atoms with Crippen molar-refractivity contribution in [1.29, 1.82) is 0 Å². The molecule has 0 radical (unpaired) electrons. The lowest BCUT2D eigenvalue weighted by Crippen LogP contribution is -2.56. The number of hydrogen-bond acceptors (Lipinski definition) is 4. The Bertz CT molecular complexity index is 686. The number of aliphatic hydroxyl groups is 2. The van der Waals surface area contributed by atoms with Gasteiger partial charge in [-0.3, -0.25) is 4.79 Å². The molecule has 1 aromatic rings. The molecule has 0 fully saturated rings. The van der Waals surface area contributed by atoms with E-state index in [0.29, 0.717) is 19.4 Å². The van der Waals surface area contributed by atoms with Gasteiger partial charge in [-0.1, -0.05) is 60.6 Å². The molecule has 0 unspecified atom stereocenters. The Kier molecular flexibility index (Phi) is 8.32. The summed E-state index contributed by atoms with van der Waals surface area (Å²) in [5.41, 5.74) is 1.54. The topological polar surface area (TPSA) is 81.0 Å². The van der Waals surface area contributed by atoms with Crippen LogP contribution in [0.3, 0.4) is 0 Å². The maximum Gasteiger partial charge on any atom is 0.223 e. The molecule has 0 bridgehead atoms. The third-order valence-electron chi connectivity index (χ3n) is 5.91. The molecule has 0 aliphatic carbocycles. The van der Waals surface area contributed by atoms with E-state index in [2.05, 4.69) is 47.6 Å². The van der Waals surface area contributed by atoms with E-state index in [4.69, 9.17) is 0 Å². The van der Waals surface area contributed by atoms with Crippen molar-refractivity contribution in [3.8, 4) is 5.75 Å².